The van der Waals surface area contributed by atoms with E-state index in [2.05, 4.69) is 13.8 Å². The molecule has 0 unspecified atom stereocenters. The van der Waals surface area contributed by atoms with Crippen molar-refractivity contribution in [3.8, 4) is 0 Å². The topological polar surface area (TPSA) is 20.2 Å². The first-order chi connectivity index (χ1) is 4.16. The van der Waals surface area contributed by atoms with Crippen LogP contribution in [0.5, 0.6) is 0 Å². The highest BCUT2D eigenvalue weighted by Gasteiger charge is 2.31. The largest absolute Gasteiger partial charge is 0.396 e. The van der Waals surface area contributed by atoms with Gasteiger partial charge in [0.2, 0.25) is 0 Å². The summed E-state index contributed by atoms with van der Waals surface area (Å²) in [4.78, 5) is 0. The molecule has 1 N–H and O–H groups in total. The maximum absolute atomic E-state index is 8.94. The number of hydrogen-bond donors (Lipinski definition) is 1. The highest BCUT2D eigenvalue weighted by atomic mass is 16.3. The van der Waals surface area contributed by atoms with Gasteiger partial charge in [0, 0.05) is 6.61 Å². The molecular formula is C8H16O. The molecule has 1 nitrogen and oxygen atoms in total. The molecule has 0 bridgehead atoms. The van der Waals surface area contributed by atoms with Crippen molar-refractivity contribution >= 4 is 0 Å². The number of rotatable bonds is 1. The molecular weight excluding hydrogens is 112 g/mol. The third-order valence-electron chi connectivity index (χ3n) is 2.46. The summed E-state index contributed by atoms with van der Waals surface area (Å²) in [5, 5.41) is 8.94. The van der Waals surface area contributed by atoms with Gasteiger partial charge >= 0.3 is 0 Å². The van der Waals surface area contributed by atoms with Crippen molar-refractivity contribution in [2.75, 3.05) is 6.61 Å². The minimum Gasteiger partial charge on any atom is -0.396 e. The normalized spacial score (nSPS) is 43.7. The Balaban J connectivity index is 2.45. The minimum atomic E-state index is 0.263. The minimum absolute atomic E-state index is 0.263. The Kier molecular flexibility index (Phi) is 1.80. The van der Waals surface area contributed by atoms with E-state index in [0.29, 0.717) is 6.61 Å². The first kappa shape index (κ1) is 7.07. The van der Waals surface area contributed by atoms with E-state index in [4.69, 9.17) is 5.11 Å². The summed E-state index contributed by atoms with van der Waals surface area (Å²) in [7, 11) is 0. The highest BCUT2D eigenvalue weighted by molar-refractivity contribution is 4.82. The summed E-state index contributed by atoms with van der Waals surface area (Å²) in [5.41, 5.74) is 0.263. The zero-order valence-electron chi connectivity index (χ0n) is 6.35. The summed E-state index contributed by atoms with van der Waals surface area (Å²) in [5.74, 6) is 0.835. The second-order valence-corrected chi connectivity index (χ2v) is 3.82. The maximum atomic E-state index is 8.94. The quantitative estimate of drug-likeness (QED) is 0.571. The van der Waals surface area contributed by atoms with Gasteiger partial charge in [-0.05, 0) is 24.2 Å². The molecule has 0 saturated heterocycles. The summed E-state index contributed by atoms with van der Waals surface area (Å²) in [6.07, 6.45) is 3.73. The van der Waals surface area contributed by atoms with E-state index in [0.717, 1.165) is 5.92 Å². The van der Waals surface area contributed by atoms with Crippen molar-refractivity contribution in [2.24, 2.45) is 11.3 Å². The molecule has 1 rings (SSSR count). The Hall–Kier alpha value is -0.0400. The van der Waals surface area contributed by atoms with Crippen molar-refractivity contribution in [3.05, 3.63) is 0 Å². The van der Waals surface area contributed by atoms with E-state index < -0.39 is 0 Å². The molecule has 0 aromatic rings. The molecule has 0 radical (unpaired) electrons. The zero-order valence-corrected chi connectivity index (χ0v) is 6.35. The van der Waals surface area contributed by atoms with Crippen LogP contribution in [0, 0.1) is 11.3 Å². The Morgan fingerprint density at radius 3 is 2.56 bits per heavy atom. The molecule has 0 aliphatic heterocycles. The van der Waals surface area contributed by atoms with Crippen LogP contribution >= 0.6 is 0 Å². The van der Waals surface area contributed by atoms with E-state index >= 15 is 0 Å². The van der Waals surface area contributed by atoms with Crippen molar-refractivity contribution in [3.63, 3.8) is 0 Å². The van der Waals surface area contributed by atoms with Crippen molar-refractivity contribution in [2.45, 2.75) is 33.1 Å². The number of aliphatic hydroxyl groups excluding tert-OH is 1. The first-order valence-electron chi connectivity index (χ1n) is 3.77. The van der Waals surface area contributed by atoms with Gasteiger partial charge in [-0.2, -0.15) is 0 Å². The third-order valence-corrected chi connectivity index (χ3v) is 2.46. The van der Waals surface area contributed by atoms with Gasteiger partial charge in [0.25, 0.3) is 0 Å². The van der Waals surface area contributed by atoms with Crippen LogP contribution in [-0.2, 0) is 0 Å². The van der Waals surface area contributed by atoms with Crippen LogP contribution in [0.1, 0.15) is 33.1 Å². The molecule has 0 aromatic heterocycles. The van der Waals surface area contributed by atoms with Crippen molar-refractivity contribution in [1.82, 2.24) is 0 Å². The van der Waals surface area contributed by atoms with Crippen LogP contribution in [0.25, 0.3) is 0 Å². The highest BCUT2D eigenvalue weighted by Crippen LogP contribution is 2.40. The van der Waals surface area contributed by atoms with E-state index in [9.17, 15) is 0 Å². The lowest BCUT2D eigenvalue weighted by Gasteiger charge is -2.19. The van der Waals surface area contributed by atoms with Crippen molar-refractivity contribution < 1.29 is 5.11 Å². The van der Waals surface area contributed by atoms with Gasteiger partial charge in [0.05, 0.1) is 0 Å². The second kappa shape index (κ2) is 2.30. The lowest BCUT2D eigenvalue weighted by Crippen LogP contribution is -2.16. The molecule has 1 fully saturated rings. The smallest absolute Gasteiger partial charge is 0.0484 e. The van der Waals surface area contributed by atoms with Crippen molar-refractivity contribution in [1.29, 1.82) is 0 Å². The van der Waals surface area contributed by atoms with E-state index in [1.807, 2.05) is 0 Å². The third kappa shape index (κ3) is 1.45. The molecule has 2 atom stereocenters. The fourth-order valence-corrected chi connectivity index (χ4v) is 1.78. The lowest BCUT2D eigenvalue weighted by molar-refractivity contribution is 0.145. The first-order valence-corrected chi connectivity index (χ1v) is 3.77. The Morgan fingerprint density at radius 1 is 1.67 bits per heavy atom. The molecule has 1 heteroatoms. The van der Waals surface area contributed by atoms with Gasteiger partial charge in [-0.3, -0.25) is 0 Å². The molecule has 0 spiro atoms. The lowest BCUT2D eigenvalue weighted by atomic mass is 9.89. The molecule has 1 aliphatic rings. The standard InChI is InChI=1S/C8H16O/c1-7-3-4-8(2,5-7)6-9/h7,9H,3-6H2,1-2H3/t7-,8-/m0/s1. The van der Waals surface area contributed by atoms with Gasteiger partial charge in [0.1, 0.15) is 0 Å². The maximum Gasteiger partial charge on any atom is 0.0484 e. The van der Waals surface area contributed by atoms with E-state index in [1.54, 1.807) is 0 Å². The summed E-state index contributed by atoms with van der Waals surface area (Å²) < 4.78 is 0. The second-order valence-electron chi connectivity index (χ2n) is 3.82. The molecule has 9 heavy (non-hydrogen) atoms. The summed E-state index contributed by atoms with van der Waals surface area (Å²) in [6.45, 7) is 4.81. The van der Waals surface area contributed by atoms with Crippen LogP contribution < -0.4 is 0 Å². The predicted molar refractivity (Wildman–Crippen MR) is 38.2 cm³/mol. The summed E-state index contributed by atoms with van der Waals surface area (Å²) >= 11 is 0. The predicted octanol–water partition coefficient (Wildman–Crippen LogP) is 1.80. The van der Waals surface area contributed by atoms with Crippen LogP contribution in [0.3, 0.4) is 0 Å². The Labute approximate surface area is 57.1 Å². The fraction of sp³-hybridized carbons (Fsp3) is 1.00. The average molecular weight is 128 g/mol. The Bertz CT molecular complexity index is 101. The van der Waals surface area contributed by atoms with E-state index in [-0.39, 0.29) is 5.41 Å². The van der Waals surface area contributed by atoms with Gasteiger partial charge in [0.15, 0.2) is 0 Å². The van der Waals surface area contributed by atoms with Crippen LogP contribution in [0.2, 0.25) is 0 Å². The monoisotopic (exact) mass is 128 g/mol. The molecule has 0 heterocycles. The molecule has 1 saturated carbocycles. The molecule has 54 valence electrons. The number of aliphatic hydroxyl groups is 1. The van der Waals surface area contributed by atoms with Crippen LogP contribution in [0.15, 0.2) is 0 Å². The van der Waals surface area contributed by atoms with Gasteiger partial charge in [-0.25, -0.2) is 0 Å². The van der Waals surface area contributed by atoms with E-state index in [1.165, 1.54) is 19.3 Å². The molecule has 0 aromatic carbocycles. The molecule has 1 aliphatic carbocycles. The summed E-state index contributed by atoms with van der Waals surface area (Å²) in [6, 6.07) is 0. The SMILES string of the molecule is C[C@H]1CC[C@](C)(CO)C1. The average Bonchev–Trinajstić information content (AvgIpc) is 2.13. The van der Waals surface area contributed by atoms with Crippen LogP contribution in [0.4, 0.5) is 0 Å². The van der Waals surface area contributed by atoms with Gasteiger partial charge in [-0.15, -0.1) is 0 Å². The number of hydrogen-bond acceptors (Lipinski definition) is 1. The zero-order chi connectivity index (χ0) is 6.91. The van der Waals surface area contributed by atoms with Crippen LogP contribution in [-0.4, -0.2) is 11.7 Å². The fourth-order valence-electron chi connectivity index (χ4n) is 1.78. The molecule has 0 amide bonds. The van der Waals surface area contributed by atoms with Gasteiger partial charge in [-0.1, -0.05) is 20.3 Å². The van der Waals surface area contributed by atoms with Gasteiger partial charge < -0.3 is 5.11 Å². The Morgan fingerprint density at radius 2 is 2.33 bits per heavy atom.